The summed E-state index contributed by atoms with van der Waals surface area (Å²) in [5, 5.41) is 4.42. The number of benzene rings is 4. The summed E-state index contributed by atoms with van der Waals surface area (Å²) in [5.74, 6) is -0.381. The van der Waals surface area contributed by atoms with Crippen LogP contribution in [-0.4, -0.2) is 20.9 Å². The van der Waals surface area contributed by atoms with Crippen molar-refractivity contribution in [2.75, 3.05) is 16.2 Å². The molecule has 31 heavy (non-hydrogen) atoms. The number of anilines is 2. The molecule has 1 N–H and O–H groups in total. The Morgan fingerprint density at radius 1 is 0.806 bits per heavy atom. The third-order valence-electron chi connectivity index (χ3n) is 5.50. The molecule has 0 atom stereocenters. The molecule has 4 aromatic rings. The lowest BCUT2D eigenvalue weighted by Gasteiger charge is -2.19. The number of hydrogen-bond donors (Lipinski definition) is 1. The number of sulfonamides is 1. The zero-order valence-corrected chi connectivity index (χ0v) is 17.5. The van der Waals surface area contributed by atoms with Crippen molar-refractivity contribution < 1.29 is 13.2 Å². The van der Waals surface area contributed by atoms with E-state index in [4.69, 9.17) is 0 Å². The zero-order chi connectivity index (χ0) is 21.4. The van der Waals surface area contributed by atoms with Gasteiger partial charge >= 0.3 is 0 Å². The molecule has 0 fully saturated rings. The topological polar surface area (TPSA) is 66.5 Å². The van der Waals surface area contributed by atoms with Gasteiger partial charge in [0, 0.05) is 11.1 Å². The summed E-state index contributed by atoms with van der Waals surface area (Å²) < 4.78 is 27.4. The highest BCUT2D eigenvalue weighted by atomic mass is 32.2. The van der Waals surface area contributed by atoms with E-state index in [0.29, 0.717) is 23.2 Å². The Kier molecular flexibility index (Phi) is 4.71. The number of para-hydroxylation sites is 1. The number of nitrogens with one attached hydrogen (secondary N) is 1. The molecule has 6 heteroatoms. The second-order valence-electron chi connectivity index (χ2n) is 7.51. The fourth-order valence-corrected chi connectivity index (χ4v) is 5.73. The minimum Gasteiger partial charge on any atom is -0.324 e. The fraction of sp³-hybridized carbons (Fsp3) is 0.0800. The lowest BCUT2D eigenvalue weighted by atomic mass is 10.0. The van der Waals surface area contributed by atoms with E-state index in [1.807, 2.05) is 72.8 Å². The maximum Gasteiger partial charge on any atom is 0.265 e. The van der Waals surface area contributed by atoms with Crippen molar-refractivity contribution in [3.05, 3.63) is 102 Å². The van der Waals surface area contributed by atoms with Crippen LogP contribution in [0.1, 0.15) is 11.1 Å². The van der Waals surface area contributed by atoms with Gasteiger partial charge in [-0.2, -0.15) is 0 Å². The van der Waals surface area contributed by atoms with Crippen LogP contribution >= 0.6 is 0 Å². The monoisotopic (exact) mass is 428 g/mol. The van der Waals surface area contributed by atoms with Gasteiger partial charge in [0.25, 0.3) is 10.0 Å². The highest BCUT2D eigenvalue weighted by Gasteiger charge is 2.36. The first kappa shape index (κ1) is 19.3. The van der Waals surface area contributed by atoms with Crippen LogP contribution < -0.4 is 9.62 Å². The second kappa shape index (κ2) is 7.56. The molecule has 0 radical (unpaired) electrons. The van der Waals surface area contributed by atoms with Gasteiger partial charge in [-0.15, -0.1) is 0 Å². The number of amides is 1. The molecule has 4 aromatic carbocycles. The molecular formula is C25H20N2O3S. The normalized spacial score (nSPS) is 14.0. The molecule has 1 aliphatic heterocycles. The minimum absolute atomic E-state index is 0.248. The molecule has 1 aliphatic rings. The van der Waals surface area contributed by atoms with Crippen molar-refractivity contribution in [2.45, 2.75) is 11.3 Å². The number of rotatable bonds is 5. The van der Waals surface area contributed by atoms with E-state index < -0.39 is 10.0 Å². The first-order valence-electron chi connectivity index (χ1n) is 10.0. The molecule has 1 heterocycles. The van der Waals surface area contributed by atoms with Crippen LogP contribution in [0.5, 0.6) is 0 Å². The predicted molar refractivity (Wildman–Crippen MR) is 123 cm³/mol. The van der Waals surface area contributed by atoms with Gasteiger partial charge in [-0.25, -0.2) is 8.42 Å². The van der Waals surface area contributed by atoms with Crippen LogP contribution in [0.25, 0.3) is 10.8 Å². The molecule has 1 amide bonds. The molecule has 5 nitrogen and oxygen atoms in total. The zero-order valence-electron chi connectivity index (χ0n) is 16.7. The molecule has 0 saturated carbocycles. The highest BCUT2D eigenvalue weighted by molar-refractivity contribution is 7.93. The standard InChI is InChI=1S/C25H20N2O3S/c28-24(26-21-13-5-4-10-20(21)16-18-8-2-1-3-9-18)17-27-22-14-6-11-19-12-7-15-23(25(19)22)31(27,29)30/h1-15H,16-17H2,(H,26,28). The lowest BCUT2D eigenvalue weighted by molar-refractivity contribution is -0.114. The van der Waals surface area contributed by atoms with E-state index in [1.54, 1.807) is 18.2 Å². The Morgan fingerprint density at radius 3 is 2.32 bits per heavy atom. The highest BCUT2D eigenvalue weighted by Crippen LogP contribution is 2.41. The molecular weight excluding hydrogens is 408 g/mol. The summed E-state index contributed by atoms with van der Waals surface area (Å²) in [6.07, 6.45) is 0.671. The van der Waals surface area contributed by atoms with Gasteiger partial charge < -0.3 is 5.32 Å². The Labute approximate surface area is 181 Å². The Bertz CT molecular complexity index is 1390. The van der Waals surface area contributed by atoms with Gasteiger partial charge in [0.1, 0.15) is 6.54 Å². The van der Waals surface area contributed by atoms with Crippen LogP contribution in [0, 0.1) is 0 Å². The van der Waals surface area contributed by atoms with Crippen LogP contribution in [0.15, 0.2) is 95.9 Å². The Balaban J connectivity index is 1.41. The number of carbonyl (C=O) groups excluding carboxylic acids is 1. The van der Waals surface area contributed by atoms with Crippen molar-refractivity contribution in [1.29, 1.82) is 0 Å². The molecule has 0 spiro atoms. The van der Waals surface area contributed by atoms with Crippen molar-refractivity contribution in [3.8, 4) is 0 Å². The predicted octanol–water partition coefficient (Wildman–Crippen LogP) is 4.58. The van der Waals surface area contributed by atoms with Gasteiger partial charge in [-0.1, -0.05) is 72.8 Å². The van der Waals surface area contributed by atoms with E-state index in [0.717, 1.165) is 16.5 Å². The third kappa shape index (κ3) is 3.45. The smallest absolute Gasteiger partial charge is 0.265 e. The average Bonchev–Trinajstić information content (AvgIpc) is 2.99. The second-order valence-corrected chi connectivity index (χ2v) is 9.34. The molecule has 0 saturated heterocycles. The van der Waals surface area contributed by atoms with E-state index in [2.05, 4.69) is 5.32 Å². The molecule has 0 aromatic heterocycles. The number of hydrogen-bond acceptors (Lipinski definition) is 3. The third-order valence-corrected chi connectivity index (χ3v) is 7.30. The Morgan fingerprint density at radius 2 is 1.52 bits per heavy atom. The molecule has 154 valence electrons. The first-order valence-corrected chi connectivity index (χ1v) is 11.4. The SMILES string of the molecule is O=C(CN1c2cccc3cccc(c23)S1(=O)=O)Nc1ccccc1Cc1ccccc1. The first-order chi connectivity index (χ1) is 15.0. The van der Waals surface area contributed by atoms with Crippen molar-refractivity contribution in [1.82, 2.24) is 0 Å². The van der Waals surface area contributed by atoms with Crippen LogP contribution in [-0.2, 0) is 21.2 Å². The Hall–Kier alpha value is -3.64. The minimum atomic E-state index is -3.77. The van der Waals surface area contributed by atoms with E-state index in [1.165, 1.54) is 4.31 Å². The van der Waals surface area contributed by atoms with Crippen molar-refractivity contribution in [3.63, 3.8) is 0 Å². The summed E-state index contributed by atoms with van der Waals surface area (Å²) in [6.45, 7) is -0.282. The van der Waals surface area contributed by atoms with E-state index >= 15 is 0 Å². The van der Waals surface area contributed by atoms with Crippen molar-refractivity contribution in [2.24, 2.45) is 0 Å². The summed E-state index contributed by atoms with van der Waals surface area (Å²) in [5.41, 5.74) is 3.33. The molecule has 5 rings (SSSR count). The van der Waals surface area contributed by atoms with Crippen molar-refractivity contribution >= 4 is 38.1 Å². The maximum absolute atomic E-state index is 13.1. The molecule has 0 unspecified atom stereocenters. The fourth-order valence-electron chi connectivity index (χ4n) is 4.06. The summed E-state index contributed by atoms with van der Waals surface area (Å²) in [6, 6.07) is 28.2. The summed E-state index contributed by atoms with van der Waals surface area (Å²) in [4.78, 5) is 13.2. The largest absolute Gasteiger partial charge is 0.324 e. The summed E-state index contributed by atoms with van der Waals surface area (Å²) >= 11 is 0. The van der Waals surface area contributed by atoms with E-state index in [9.17, 15) is 13.2 Å². The van der Waals surface area contributed by atoms with Gasteiger partial charge in [-0.05, 0) is 41.1 Å². The van der Waals surface area contributed by atoms with Crippen LogP contribution in [0.2, 0.25) is 0 Å². The molecule has 0 aliphatic carbocycles. The maximum atomic E-state index is 13.1. The number of nitrogens with zero attached hydrogens (tertiary/aromatic N) is 1. The average molecular weight is 429 g/mol. The summed E-state index contributed by atoms with van der Waals surface area (Å²) in [7, 11) is -3.77. The van der Waals surface area contributed by atoms with Gasteiger partial charge in [0.05, 0.1) is 10.6 Å². The van der Waals surface area contributed by atoms with Crippen LogP contribution in [0.4, 0.5) is 11.4 Å². The van der Waals surface area contributed by atoms with E-state index in [-0.39, 0.29) is 17.3 Å². The van der Waals surface area contributed by atoms with Gasteiger partial charge in [0.2, 0.25) is 5.91 Å². The lowest BCUT2D eigenvalue weighted by Crippen LogP contribution is -2.35. The van der Waals surface area contributed by atoms with Gasteiger partial charge in [-0.3, -0.25) is 9.10 Å². The van der Waals surface area contributed by atoms with Crippen LogP contribution in [0.3, 0.4) is 0 Å². The number of carbonyl (C=O) groups is 1. The quantitative estimate of drug-likeness (QED) is 0.506. The molecule has 0 bridgehead atoms. The van der Waals surface area contributed by atoms with Gasteiger partial charge in [0.15, 0.2) is 0 Å².